The summed E-state index contributed by atoms with van der Waals surface area (Å²) < 4.78 is 0.936. The molecule has 1 aromatic carbocycles. The van der Waals surface area contributed by atoms with Gasteiger partial charge in [0, 0.05) is 21.9 Å². The van der Waals surface area contributed by atoms with E-state index in [0.717, 1.165) is 32.6 Å². The SMILES string of the molecule is Cc1ncccc1-c1nc2c(N)cc(Br)cc2[nH]1. The van der Waals surface area contributed by atoms with Crippen LogP contribution in [0.1, 0.15) is 5.69 Å². The number of H-pyrrole nitrogens is 1. The maximum Gasteiger partial charge on any atom is 0.140 e. The monoisotopic (exact) mass is 302 g/mol. The Labute approximate surface area is 112 Å². The van der Waals surface area contributed by atoms with Gasteiger partial charge in [0.15, 0.2) is 0 Å². The third-order valence-corrected chi connectivity index (χ3v) is 3.30. The number of nitrogens with one attached hydrogen (secondary N) is 1. The van der Waals surface area contributed by atoms with Crippen LogP contribution >= 0.6 is 15.9 Å². The Kier molecular flexibility index (Phi) is 2.56. The Bertz CT molecular complexity index is 733. The van der Waals surface area contributed by atoms with Gasteiger partial charge in [0.2, 0.25) is 0 Å². The molecule has 3 aromatic rings. The fourth-order valence-corrected chi connectivity index (χ4v) is 2.45. The number of nitrogen functional groups attached to an aromatic ring is 1. The third kappa shape index (κ3) is 1.76. The van der Waals surface area contributed by atoms with Gasteiger partial charge >= 0.3 is 0 Å². The number of aryl methyl sites for hydroxylation is 1. The van der Waals surface area contributed by atoms with E-state index < -0.39 is 0 Å². The van der Waals surface area contributed by atoms with Crippen molar-refractivity contribution in [3.05, 3.63) is 40.6 Å². The van der Waals surface area contributed by atoms with Crippen LogP contribution in [0.4, 0.5) is 5.69 Å². The first-order chi connectivity index (χ1) is 8.65. The second-order valence-electron chi connectivity index (χ2n) is 4.11. The highest BCUT2D eigenvalue weighted by Gasteiger charge is 2.10. The number of aromatic amines is 1. The van der Waals surface area contributed by atoms with Gasteiger partial charge in [-0.15, -0.1) is 0 Å². The lowest BCUT2D eigenvalue weighted by Crippen LogP contribution is -1.88. The second-order valence-corrected chi connectivity index (χ2v) is 5.03. The molecular formula is C13H11BrN4. The standard InChI is InChI=1S/C13H11BrN4/c1-7-9(3-2-4-16-7)13-17-11-6-8(14)5-10(15)12(11)18-13/h2-6H,15H2,1H3,(H,17,18). The van der Waals surface area contributed by atoms with Gasteiger partial charge in [-0.3, -0.25) is 4.98 Å². The van der Waals surface area contributed by atoms with Crippen molar-refractivity contribution in [2.45, 2.75) is 6.92 Å². The van der Waals surface area contributed by atoms with Crippen molar-refractivity contribution in [1.82, 2.24) is 15.0 Å². The first-order valence-corrected chi connectivity index (χ1v) is 6.31. The highest BCUT2D eigenvalue weighted by molar-refractivity contribution is 9.10. The van der Waals surface area contributed by atoms with E-state index in [1.165, 1.54) is 0 Å². The van der Waals surface area contributed by atoms with E-state index in [4.69, 9.17) is 5.73 Å². The van der Waals surface area contributed by atoms with E-state index in [-0.39, 0.29) is 0 Å². The van der Waals surface area contributed by atoms with E-state index in [0.29, 0.717) is 5.69 Å². The molecule has 0 aliphatic carbocycles. The van der Waals surface area contributed by atoms with Crippen molar-refractivity contribution in [3.8, 4) is 11.4 Å². The van der Waals surface area contributed by atoms with E-state index in [9.17, 15) is 0 Å². The number of pyridine rings is 1. The summed E-state index contributed by atoms with van der Waals surface area (Å²) in [5.74, 6) is 0.792. The summed E-state index contributed by atoms with van der Waals surface area (Å²) in [6, 6.07) is 7.71. The molecule has 0 atom stereocenters. The summed E-state index contributed by atoms with van der Waals surface area (Å²) in [5, 5.41) is 0. The van der Waals surface area contributed by atoms with Crippen LogP contribution in [0, 0.1) is 6.92 Å². The number of nitrogens with two attached hydrogens (primary N) is 1. The minimum Gasteiger partial charge on any atom is -0.397 e. The van der Waals surface area contributed by atoms with E-state index in [1.807, 2.05) is 31.2 Å². The summed E-state index contributed by atoms with van der Waals surface area (Å²) in [6.45, 7) is 1.96. The van der Waals surface area contributed by atoms with Crippen LogP contribution in [0.25, 0.3) is 22.4 Å². The van der Waals surface area contributed by atoms with E-state index in [1.54, 1.807) is 6.20 Å². The minimum absolute atomic E-state index is 0.656. The van der Waals surface area contributed by atoms with E-state index >= 15 is 0 Å². The molecule has 0 radical (unpaired) electrons. The fraction of sp³-hybridized carbons (Fsp3) is 0.0769. The Hall–Kier alpha value is -1.88. The Morgan fingerprint density at radius 2 is 2.17 bits per heavy atom. The highest BCUT2D eigenvalue weighted by Crippen LogP contribution is 2.28. The van der Waals surface area contributed by atoms with Gasteiger partial charge in [-0.1, -0.05) is 15.9 Å². The molecule has 5 heteroatoms. The average molecular weight is 303 g/mol. The highest BCUT2D eigenvalue weighted by atomic mass is 79.9. The van der Waals surface area contributed by atoms with Crippen molar-refractivity contribution in [3.63, 3.8) is 0 Å². The number of hydrogen-bond donors (Lipinski definition) is 2. The topological polar surface area (TPSA) is 67.6 Å². The number of benzene rings is 1. The molecule has 18 heavy (non-hydrogen) atoms. The molecule has 0 amide bonds. The molecule has 0 saturated carbocycles. The van der Waals surface area contributed by atoms with Crippen LogP contribution in [0.3, 0.4) is 0 Å². The van der Waals surface area contributed by atoms with Crippen LogP contribution in [-0.4, -0.2) is 15.0 Å². The maximum absolute atomic E-state index is 5.96. The Balaban J connectivity index is 2.26. The number of imidazole rings is 1. The van der Waals surface area contributed by atoms with Crippen LogP contribution in [0.15, 0.2) is 34.9 Å². The van der Waals surface area contributed by atoms with Gasteiger partial charge in [0.05, 0.1) is 11.2 Å². The van der Waals surface area contributed by atoms with Crippen LogP contribution < -0.4 is 5.73 Å². The molecule has 0 fully saturated rings. The number of aromatic nitrogens is 3. The van der Waals surface area contributed by atoms with Crippen molar-refractivity contribution in [2.24, 2.45) is 0 Å². The zero-order valence-corrected chi connectivity index (χ0v) is 11.3. The van der Waals surface area contributed by atoms with Gasteiger partial charge in [-0.05, 0) is 31.2 Å². The predicted octanol–water partition coefficient (Wildman–Crippen LogP) is 3.28. The lowest BCUT2D eigenvalue weighted by atomic mass is 10.2. The molecule has 0 saturated heterocycles. The number of hydrogen-bond acceptors (Lipinski definition) is 3. The molecule has 0 unspecified atom stereocenters. The summed E-state index contributed by atoms with van der Waals surface area (Å²) in [4.78, 5) is 12.1. The lowest BCUT2D eigenvalue weighted by molar-refractivity contribution is 1.18. The number of fused-ring (bicyclic) bond motifs is 1. The van der Waals surface area contributed by atoms with Crippen molar-refractivity contribution >= 4 is 32.7 Å². The fourth-order valence-electron chi connectivity index (χ4n) is 1.97. The molecule has 0 aliphatic heterocycles. The molecular weight excluding hydrogens is 292 g/mol. The van der Waals surface area contributed by atoms with Crippen LogP contribution in [-0.2, 0) is 0 Å². The smallest absolute Gasteiger partial charge is 0.140 e. The molecule has 3 N–H and O–H groups in total. The minimum atomic E-state index is 0.656. The molecule has 0 spiro atoms. The Morgan fingerprint density at radius 3 is 2.94 bits per heavy atom. The number of halogens is 1. The van der Waals surface area contributed by atoms with Crippen LogP contribution in [0.5, 0.6) is 0 Å². The zero-order valence-electron chi connectivity index (χ0n) is 9.74. The summed E-state index contributed by atoms with van der Waals surface area (Å²) in [5.41, 5.74) is 10.2. The summed E-state index contributed by atoms with van der Waals surface area (Å²) >= 11 is 3.42. The maximum atomic E-state index is 5.96. The first kappa shape index (κ1) is 11.2. The van der Waals surface area contributed by atoms with Gasteiger partial charge in [0.1, 0.15) is 11.3 Å². The molecule has 2 aromatic heterocycles. The average Bonchev–Trinajstić information content (AvgIpc) is 2.73. The molecule has 90 valence electrons. The van der Waals surface area contributed by atoms with Crippen LogP contribution in [0.2, 0.25) is 0 Å². The van der Waals surface area contributed by atoms with E-state index in [2.05, 4.69) is 30.9 Å². The third-order valence-electron chi connectivity index (χ3n) is 2.84. The molecule has 0 aliphatic rings. The Morgan fingerprint density at radius 1 is 1.33 bits per heavy atom. The number of anilines is 1. The van der Waals surface area contributed by atoms with Gasteiger partial charge in [-0.25, -0.2) is 4.98 Å². The molecule has 4 nitrogen and oxygen atoms in total. The lowest BCUT2D eigenvalue weighted by Gasteiger charge is -1.99. The predicted molar refractivity (Wildman–Crippen MR) is 76.2 cm³/mol. The normalized spacial score (nSPS) is 11.0. The number of nitrogens with zero attached hydrogens (tertiary/aromatic N) is 2. The van der Waals surface area contributed by atoms with Gasteiger partial charge in [0.25, 0.3) is 0 Å². The van der Waals surface area contributed by atoms with Crippen molar-refractivity contribution in [1.29, 1.82) is 0 Å². The first-order valence-electron chi connectivity index (χ1n) is 5.52. The second kappa shape index (κ2) is 4.10. The molecule has 3 rings (SSSR count). The summed E-state index contributed by atoms with van der Waals surface area (Å²) in [7, 11) is 0. The molecule has 2 heterocycles. The van der Waals surface area contributed by atoms with Gasteiger partial charge < -0.3 is 10.7 Å². The zero-order chi connectivity index (χ0) is 12.7. The van der Waals surface area contributed by atoms with Gasteiger partial charge in [-0.2, -0.15) is 0 Å². The summed E-state index contributed by atoms with van der Waals surface area (Å²) in [6.07, 6.45) is 1.77. The molecule has 0 bridgehead atoms. The van der Waals surface area contributed by atoms with Crippen molar-refractivity contribution < 1.29 is 0 Å². The largest absolute Gasteiger partial charge is 0.397 e. The number of rotatable bonds is 1. The van der Waals surface area contributed by atoms with Crippen molar-refractivity contribution in [2.75, 3.05) is 5.73 Å². The quantitative estimate of drug-likeness (QED) is 0.678.